The van der Waals surface area contributed by atoms with Crippen LogP contribution >= 0.6 is 11.8 Å². The second kappa shape index (κ2) is 10.1. The van der Waals surface area contributed by atoms with Gasteiger partial charge in [-0.05, 0) is 0 Å². The molecule has 0 aliphatic carbocycles. The number of carboxylic acid groups (broad SMARTS) is 1. The van der Waals surface area contributed by atoms with Gasteiger partial charge in [-0.2, -0.15) is 8.42 Å². The summed E-state index contributed by atoms with van der Waals surface area (Å²) >= 11 is 1.11. The smallest absolute Gasteiger partial charge is 0.352 e. The molecule has 1 saturated heterocycles. The molecule has 2 heterocycles. The Hall–Kier alpha value is -2.98. The fraction of sp³-hybridized carbons (Fsp3) is 0.500. The molecule has 16 heteroatoms. The fourth-order valence-corrected chi connectivity index (χ4v) is 4.38. The van der Waals surface area contributed by atoms with Gasteiger partial charge in [-0.15, -0.1) is 11.8 Å². The lowest BCUT2D eigenvalue weighted by atomic mass is 10.0. The van der Waals surface area contributed by atoms with Crippen molar-refractivity contribution in [2.75, 3.05) is 32.3 Å². The highest BCUT2D eigenvalue weighted by atomic mass is 32.2. The number of carbonyl (C=O) groups is 5. The number of rotatable bonds is 10. The number of carbonyl (C=O) groups excluding carboxylic acids is 4. The summed E-state index contributed by atoms with van der Waals surface area (Å²) in [6.07, 6.45) is 0.707. The molecule has 1 fully saturated rings. The highest BCUT2D eigenvalue weighted by Crippen LogP contribution is 2.40. The van der Waals surface area contributed by atoms with Gasteiger partial charge in [0.1, 0.15) is 37.4 Å². The van der Waals surface area contributed by atoms with Gasteiger partial charge in [0.05, 0.1) is 6.26 Å². The minimum atomic E-state index is -3.97. The van der Waals surface area contributed by atoms with E-state index in [0.717, 1.165) is 30.7 Å². The topological polar surface area (TPSA) is 195 Å². The molecule has 0 spiro atoms. The first kappa shape index (κ1) is 25.3. The van der Waals surface area contributed by atoms with Crippen LogP contribution in [0, 0.1) is 0 Å². The van der Waals surface area contributed by atoms with Crippen LogP contribution in [0.25, 0.3) is 0 Å². The molecule has 2 rings (SSSR count). The molecule has 176 valence electrons. The number of β-lactam (4-membered cyclic amide) rings is 1. The highest BCUT2D eigenvalue weighted by molar-refractivity contribution is 8.00. The minimum absolute atomic E-state index is 0.107. The summed E-state index contributed by atoms with van der Waals surface area (Å²) in [4.78, 5) is 65.2. The van der Waals surface area contributed by atoms with Gasteiger partial charge in [0.15, 0.2) is 0 Å². The lowest BCUT2D eigenvalue weighted by molar-refractivity contribution is -0.150. The Kier molecular flexibility index (Phi) is 7.97. The van der Waals surface area contributed by atoms with E-state index < -0.39 is 63.4 Å². The van der Waals surface area contributed by atoms with Gasteiger partial charge < -0.3 is 20.0 Å². The number of thioether (sulfide) groups is 1. The molecule has 2 atom stereocenters. The molecule has 1 unspecified atom stereocenters. The zero-order valence-corrected chi connectivity index (χ0v) is 18.6. The minimum Gasteiger partial charge on any atom is -0.477 e. The normalized spacial score (nSPS) is 20.8. The van der Waals surface area contributed by atoms with Crippen LogP contribution in [-0.4, -0.2) is 97.4 Å². The van der Waals surface area contributed by atoms with Crippen molar-refractivity contribution >= 4 is 57.1 Å². The fourth-order valence-electron chi connectivity index (χ4n) is 2.73. The van der Waals surface area contributed by atoms with Crippen LogP contribution in [0.15, 0.2) is 16.4 Å². The summed E-state index contributed by atoms with van der Waals surface area (Å²) in [7, 11) is -2.93. The summed E-state index contributed by atoms with van der Waals surface area (Å²) in [5, 5.41) is 14.2. The first-order valence-corrected chi connectivity index (χ1v) is 11.6. The van der Waals surface area contributed by atoms with Crippen molar-refractivity contribution in [1.29, 1.82) is 0 Å². The van der Waals surface area contributed by atoms with Crippen LogP contribution in [0.5, 0.6) is 0 Å². The molecule has 0 radical (unpaired) electrons. The van der Waals surface area contributed by atoms with Crippen LogP contribution in [0.2, 0.25) is 0 Å². The van der Waals surface area contributed by atoms with E-state index >= 15 is 0 Å². The molecular formula is C16H19N3O11S2. The van der Waals surface area contributed by atoms with Gasteiger partial charge >= 0.3 is 11.9 Å². The molecule has 2 N–H and O–H groups in total. The molecule has 2 amide bonds. The van der Waals surface area contributed by atoms with Crippen molar-refractivity contribution in [3.63, 3.8) is 0 Å². The summed E-state index contributed by atoms with van der Waals surface area (Å²) in [6, 6.07) is -1.19. The number of fused-ring (bicyclic) bond motifs is 1. The van der Waals surface area contributed by atoms with Gasteiger partial charge in [-0.1, -0.05) is 5.16 Å². The van der Waals surface area contributed by atoms with Gasteiger partial charge in [-0.3, -0.25) is 28.3 Å². The SMILES string of the molecule is CON=C(C(=O)COS(C)(=O)=O)C(=O)NC1C(=O)N2C(C(=O)O)=C(COC(C)=O)CS[C@@H]12. The summed E-state index contributed by atoms with van der Waals surface area (Å²) in [6.45, 7) is -0.165. The average Bonchev–Trinajstić information content (AvgIpc) is 2.70. The van der Waals surface area contributed by atoms with E-state index in [-0.39, 0.29) is 23.6 Å². The van der Waals surface area contributed by atoms with Crippen molar-refractivity contribution < 1.29 is 51.3 Å². The van der Waals surface area contributed by atoms with Crippen LogP contribution in [0.1, 0.15) is 6.92 Å². The van der Waals surface area contributed by atoms with E-state index in [2.05, 4.69) is 19.5 Å². The number of nitrogens with zero attached hydrogens (tertiary/aromatic N) is 2. The van der Waals surface area contributed by atoms with Crippen LogP contribution < -0.4 is 5.32 Å². The summed E-state index contributed by atoms with van der Waals surface area (Å²) in [5.41, 5.74) is -0.983. The molecule has 2 aliphatic rings. The van der Waals surface area contributed by atoms with Crippen molar-refractivity contribution in [1.82, 2.24) is 10.2 Å². The van der Waals surface area contributed by atoms with E-state index in [4.69, 9.17) is 4.74 Å². The number of nitrogens with one attached hydrogen (secondary N) is 1. The second-order valence-corrected chi connectivity index (χ2v) is 9.16. The standard InChI is InChI=1S/C16H19N3O11S2/c1-7(20)29-4-8-6-31-15-11(14(23)19(15)12(8)16(24)25)17-13(22)10(18-28-2)9(21)5-30-32(3,26)27/h11,15H,4-6H2,1-3H3,(H,17,22)(H,24,25)/t11?,15-/m0/s1. The molecule has 2 aliphatic heterocycles. The lowest BCUT2D eigenvalue weighted by Gasteiger charge is -2.49. The number of amides is 2. The first-order valence-electron chi connectivity index (χ1n) is 8.70. The molecule has 0 saturated carbocycles. The third-order valence-electron chi connectivity index (χ3n) is 4.05. The number of carboxylic acids is 1. The van der Waals surface area contributed by atoms with Gasteiger partial charge in [0, 0.05) is 18.2 Å². The Morgan fingerprint density at radius 3 is 2.50 bits per heavy atom. The summed E-state index contributed by atoms with van der Waals surface area (Å²) in [5.74, 6) is -4.96. The first-order chi connectivity index (χ1) is 14.9. The number of hydrogen-bond donors (Lipinski definition) is 2. The third kappa shape index (κ3) is 5.83. The number of ketones is 1. The van der Waals surface area contributed by atoms with Crippen molar-refractivity contribution in [2.24, 2.45) is 5.16 Å². The van der Waals surface area contributed by atoms with Crippen molar-refractivity contribution in [3.05, 3.63) is 11.3 Å². The predicted molar refractivity (Wildman–Crippen MR) is 107 cm³/mol. The zero-order chi connectivity index (χ0) is 24.2. The number of oxime groups is 1. The monoisotopic (exact) mass is 493 g/mol. The average molecular weight is 493 g/mol. The zero-order valence-electron chi connectivity index (χ0n) is 17.0. The van der Waals surface area contributed by atoms with E-state index in [0.29, 0.717) is 6.26 Å². The molecule has 0 aromatic carbocycles. The molecule has 32 heavy (non-hydrogen) atoms. The number of ether oxygens (including phenoxy) is 1. The predicted octanol–water partition coefficient (Wildman–Crippen LogP) is -2.16. The molecule has 14 nitrogen and oxygen atoms in total. The Morgan fingerprint density at radius 1 is 1.31 bits per heavy atom. The highest BCUT2D eigenvalue weighted by Gasteiger charge is 2.54. The number of esters is 1. The second-order valence-electron chi connectivity index (χ2n) is 6.41. The van der Waals surface area contributed by atoms with Gasteiger partial charge in [-0.25, -0.2) is 4.79 Å². The number of hydrogen-bond acceptors (Lipinski definition) is 12. The molecule has 0 bridgehead atoms. The van der Waals surface area contributed by atoms with E-state index in [9.17, 15) is 37.5 Å². The van der Waals surface area contributed by atoms with Crippen LogP contribution in [-0.2, 0) is 47.8 Å². The summed E-state index contributed by atoms with van der Waals surface area (Å²) < 4.78 is 31.2. The molecule has 0 aromatic rings. The van der Waals surface area contributed by atoms with Crippen molar-refractivity contribution in [3.8, 4) is 0 Å². The maximum atomic E-state index is 12.6. The third-order valence-corrected chi connectivity index (χ3v) is 5.94. The Balaban J connectivity index is 2.15. The van der Waals surface area contributed by atoms with Crippen LogP contribution in [0.4, 0.5) is 0 Å². The Labute approximate surface area is 186 Å². The Bertz CT molecular complexity index is 1020. The largest absolute Gasteiger partial charge is 0.477 e. The van der Waals surface area contributed by atoms with E-state index in [1.807, 2.05) is 0 Å². The quantitative estimate of drug-likeness (QED) is 0.0836. The number of Topliss-reactive ketones (excluding diaryl/α,β-unsaturated/α-hetero) is 1. The van der Waals surface area contributed by atoms with Crippen LogP contribution in [0.3, 0.4) is 0 Å². The molecule has 0 aromatic heterocycles. The maximum Gasteiger partial charge on any atom is 0.352 e. The Morgan fingerprint density at radius 2 is 1.97 bits per heavy atom. The van der Waals surface area contributed by atoms with E-state index in [1.165, 1.54) is 0 Å². The maximum absolute atomic E-state index is 12.6. The van der Waals surface area contributed by atoms with Crippen molar-refractivity contribution in [2.45, 2.75) is 18.3 Å². The number of aliphatic carboxylic acids is 1. The van der Waals surface area contributed by atoms with Gasteiger partial charge in [0.25, 0.3) is 21.9 Å². The van der Waals surface area contributed by atoms with Gasteiger partial charge in [0.2, 0.25) is 11.5 Å². The molecular weight excluding hydrogens is 474 g/mol. The lowest BCUT2D eigenvalue weighted by Crippen LogP contribution is -2.71. The van der Waals surface area contributed by atoms with E-state index in [1.54, 1.807) is 0 Å².